The van der Waals surface area contributed by atoms with Crippen LogP contribution in [0, 0.1) is 5.92 Å². The first-order valence-electron chi connectivity index (χ1n) is 18.2. The molecule has 1 N–H and O–H groups in total. The molecule has 1 aliphatic rings. The van der Waals surface area contributed by atoms with Crippen LogP contribution in [0.25, 0.3) is 11.1 Å². The van der Waals surface area contributed by atoms with E-state index in [1.807, 2.05) is 56.3 Å². The molecule has 0 saturated heterocycles. The van der Waals surface area contributed by atoms with Crippen molar-refractivity contribution in [2.45, 2.75) is 116 Å². The number of nitrogens with one attached hydrogen (secondary N) is 1. The summed E-state index contributed by atoms with van der Waals surface area (Å²) < 4.78 is 17.0. The number of benzene rings is 2. The van der Waals surface area contributed by atoms with Crippen LogP contribution in [0.2, 0.25) is 25.7 Å². The zero-order valence-electron chi connectivity index (χ0n) is 30.8. The lowest BCUT2D eigenvalue weighted by Gasteiger charge is -2.24. The van der Waals surface area contributed by atoms with Crippen LogP contribution >= 0.6 is 11.8 Å². The maximum atomic E-state index is 13.5. The molecule has 3 rings (SSSR count). The lowest BCUT2D eigenvalue weighted by atomic mass is 9.98. The third kappa shape index (κ3) is 14.1. The first kappa shape index (κ1) is 41.1. The fraction of sp³-hybridized carbons (Fsp3) is 0.550. The molecule has 8 nitrogen and oxygen atoms in total. The first-order valence-corrected chi connectivity index (χ1v) is 22.9. The van der Waals surface area contributed by atoms with E-state index in [-0.39, 0.29) is 30.0 Å². The van der Waals surface area contributed by atoms with Gasteiger partial charge in [-0.3, -0.25) is 9.59 Å². The number of carbonyl (C=O) groups excluding carboxylic acids is 4. The number of hydrogen-bond acceptors (Lipinski definition) is 8. The van der Waals surface area contributed by atoms with Gasteiger partial charge in [-0.2, -0.15) is 0 Å². The Kier molecular flexibility index (Phi) is 17.3. The molecule has 2 atom stereocenters. The van der Waals surface area contributed by atoms with E-state index in [1.54, 1.807) is 6.08 Å². The Morgan fingerprint density at radius 2 is 1.54 bits per heavy atom. The summed E-state index contributed by atoms with van der Waals surface area (Å²) in [5, 5.41) is 2.89. The van der Waals surface area contributed by atoms with Gasteiger partial charge in [-0.1, -0.05) is 132 Å². The van der Waals surface area contributed by atoms with Gasteiger partial charge < -0.3 is 19.5 Å². The van der Waals surface area contributed by atoms with E-state index in [2.05, 4.69) is 44.0 Å². The van der Waals surface area contributed by atoms with E-state index >= 15 is 0 Å². The SMILES string of the molecule is CCCCCCCC(=O)SCC/C=C/[C@H](CC(=O)OCC[Si](C)(C)C)OC(=O)[C@@H](NC(=O)OCC1c2ccccc2-c2ccccc21)C(C)C. The normalized spacial score (nSPS) is 13.8. The van der Waals surface area contributed by atoms with Gasteiger partial charge >= 0.3 is 18.0 Å². The molecular formula is C40H57NO7SSi. The van der Waals surface area contributed by atoms with Gasteiger partial charge in [-0.05, 0) is 53.1 Å². The van der Waals surface area contributed by atoms with Crippen molar-refractivity contribution in [1.82, 2.24) is 5.32 Å². The minimum atomic E-state index is -1.40. The lowest BCUT2D eigenvalue weighted by molar-refractivity contribution is -0.155. The number of carbonyl (C=O) groups is 4. The number of fused-ring (bicyclic) bond motifs is 3. The minimum Gasteiger partial charge on any atom is -0.466 e. The second-order valence-electron chi connectivity index (χ2n) is 14.5. The monoisotopic (exact) mass is 723 g/mol. The fourth-order valence-corrected chi connectivity index (χ4v) is 7.25. The molecule has 50 heavy (non-hydrogen) atoms. The van der Waals surface area contributed by atoms with Crippen LogP contribution in [0.4, 0.5) is 4.79 Å². The first-order chi connectivity index (χ1) is 23.9. The van der Waals surface area contributed by atoms with E-state index in [0.29, 0.717) is 25.2 Å². The van der Waals surface area contributed by atoms with Crippen molar-refractivity contribution >= 4 is 43.0 Å². The third-order valence-electron chi connectivity index (χ3n) is 8.67. The Morgan fingerprint density at radius 3 is 2.16 bits per heavy atom. The van der Waals surface area contributed by atoms with Crippen LogP contribution in [0.5, 0.6) is 0 Å². The van der Waals surface area contributed by atoms with Gasteiger partial charge in [0.15, 0.2) is 5.12 Å². The van der Waals surface area contributed by atoms with Crippen molar-refractivity contribution in [2.24, 2.45) is 5.92 Å². The summed E-state index contributed by atoms with van der Waals surface area (Å²) in [5.74, 6) is -0.933. The zero-order valence-corrected chi connectivity index (χ0v) is 32.7. The number of allylic oxidation sites excluding steroid dienone is 1. The quantitative estimate of drug-likeness (QED) is 0.0447. The maximum absolute atomic E-state index is 13.5. The highest BCUT2D eigenvalue weighted by Gasteiger charge is 2.32. The molecule has 0 fully saturated rings. The highest BCUT2D eigenvalue weighted by atomic mass is 32.2. The highest BCUT2D eigenvalue weighted by Crippen LogP contribution is 2.44. The molecule has 0 bridgehead atoms. The average molecular weight is 724 g/mol. The molecule has 274 valence electrons. The van der Waals surface area contributed by atoms with Crippen LogP contribution in [-0.4, -0.2) is 62.3 Å². The van der Waals surface area contributed by atoms with E-state index in [4.69, 9.17) is 14.2 Å². The lowest BCUT2D eigenvalue weighted by Crippen LogP contribution is -2.46. The van der Waals surface area contributed by atoms with Crippen molar-refractivity contribution in [3.05, 3.63) is 71.8 Å². The Labute approximate surface area is 304 Å². The predicted octanol–water partition coefficient (Wildman–Crippen LogP) is 9.30. The topological polar surface area (TPSA) is 108 Å². The number of alkyl carbamates (subject to hydrolysis) is 1. The summed E-state index contributed by atoms with van der Waals surface area (Å²) in [6, 6.07) is 16.0. The standard InChI is InChI=1S/C40H57NO7SSi/c1-7-8-9-10-11-23-37(43)49-25-17-16-18-30(27-36(42)46-24-26-50(4,5)6)48-39(44)38(29(2)3)41-40(45)47-28-35-33-21-14-12-19-31(33)32-20-13-15-22-34(32)35/h12-16,18-22,29-30,35,38H,7-11,17,23-28H2,1-6H3,(H,41,45)/b18-16+/t30-,38+/m1/s1. The molecular weight excluding hydrogens is 667 g/mol. The number of unbranched alkanes of at least 4 members (excludes halogenated alkanes) is 4. The molecule has 0 aromatic heterocycles. The van der Waals surface area contributed by atoms with Gasteiger partial charge in [0.1, 0.15) is 18.8 Å². The zero-order chi connectivity index (χ0) is 36.5. The largest absolute Gasteiger partial charge is 0.466 e. The molecule has 0 unspecified atom stereocenters. The Balaban J connectivity index is 1.57. The van der Waals surface area contributed by atoms with Gasteiger partial charge in [0.05, 0.1) is 13.0 Å². The Hall–Kier alpha value is -3.37. The van der Waals surface area contributed by atoms with Gasteiger partial charge in [-0.25, -0.2) is 9.59 Å². The predicted molar refractivity (Wildman–Crippen MR) is 205 cm³/mol. The number of thioether (sulfide) groups is 1. The number of rotatable bonds is 21. The van der Waals surface area contributed by atoms with Gasteiger partial charge in [0, 0.05) is 26.2 Å². The van der Waals surface area contributed by atoms with Crippen molar-refractivity contribution in [3.8, 4) is 11.1 Å². The molecule has 0 spiro atoms. The molecule has 0 saturated carbocycles. The summed E-state index contributed by atoms with van der Waals surface area (Å²) in [5.41, 5.74) is 4.44. The van der Waals surface area contributed by atoms with Crippen molar-refractivity contribution in [3.63, 3.8) is 0 Å². The van der Waals surface area contributed by atoms with E-state index < -0.39 is 38.3 Å². The molecule has 1 aliphatic carbocycles. The maximum Gasteiger partial charge on any atom is 0.407 e. The second-order valence-corrected chi connectivity index (χ2v) is 21.3. The van der Waals surface area contributed by atoms with Gasteiger partial charge in [0.25, 0.3) is 0 Å². The summed E-state index contributed by atoms with van der Waals surface area (Å²) >= 11 is 1.31. The summed E-state index contributed by atoms with van der Waals surface area (Å²) in [7, 11) is -1.40. The number of amides is 1. The fourth-order valence-electron chi connectivity index (χ4n) is 5.76. The summed E-state index contributed by atoms with van der Waals surface area (Å²) in [6.07, 6.45) is 8.46. The molecule has 2 aromatic rings. The summed E-state index contributed by atoms with van der Waals surface area (Å²) in [4.78, 5) is 51.5. The number of esters is 2. The smallest absolute Gasteiger partial charge is 0.407 e. The van der Waals surface area contributed by atoms with Crippen LogP contribution < -0.4 is 5.32 Å². The van der Waals surface area contributed by atoms with Crippen LogP contribution in [0.3, 0.4) is 0 Å². The van der Waals surface area contributed by atoms with E-state index in [0.717, 1.165) is 47.6 Å². The molecule has 0 aliphatic heterocycles. The van der Waals surface area contributed by atoms with E-state index in [1.165, 1.54) is 24.6 Å². The summed E-state index contributed by atoms with van der Waals surface area (Å²) in [6.45, 7) is 12.9. The third-order valence-corrected chi connectivity index (χ3v) is 11.3. The Bertz CT molecular complexity index is 1390. The minimum absolute atomic E-state index is 0.113. The van der Waals surface area contributed by atoms with Crippen molar-refractivity contribution in [1.29, 1.82) is 0 Å². The van der Waals surface area contributed by atoms with E-state index in [9.17, 15) is 19.2 Å². The highest BCUT2D eigenvalue weighted by molar-refractivity contribution is 8.13. The molecule has 0 radical (unpaired) electrons. The van der Waals surface area contributed by atoms with Gasteiger partial charge in [0.2, 0.25) is 0 Å². The van der Waals surface area contributed by atoms with Crippen LogP contribution in [-0.2, 0) is 28.6 Å². The number of ether oxygens (including phenoxy) is 3. The second kappa shape index (κ2) is 21.1. The van der Waals surface area contributed by atoms with Crippen molar-refractivity contribution in [2.75, 3.05) is 19.0 Å². The molecule has 1 amide bonds. The molecule has 0 heterocycles. The van der Waals surface area contributed by atoms with Gasteiger partial charge in [-0.15, -0.1) is 0 Å². The molecule has 2 aromatic carbocycles. The van der Waals surface area contributed by atoms with Crippen LogP contribution in [0.15, 0.2) is 60.7 Å². The Morgan fingerprint density at radius 1 is 0.900 bits per heavy atom. The van der Waals surface area contributed by atoms with Crippen molar-refractivity contribution < 1.29 is 33.4 Å². The average Bonchev–Trinajstić information content (AvgIpc) is 3.38. The molecule has 10 heteroatoms. The van der Waals surface area contributed by atoms with Crippen LogP contribution in [0.1, 0.15) is 89.2 Å². The number of hydrogen-bond donors (Lipinski definition) is 1.